The molecular formula is C11H10N6OS. The van der Waals surface area contributed by atoms with Gasteiger partial charge >= 0.3 is 0 Å². The molecular weight excluding hydrogens is 264 g/mol. The summed E-state index contributed by atoms with van der Waals surface area (Å²) >= 11 is 1.47. The highest BCUT2D eigenvalue weighted by molar-refractivity contribution is 7.99. The molecule has 19 heavy (non-hydrogen) atoms. The molecule has 0 radical (unpaired) electrons. The Kier molecular flexibility index (Phi) is 4.47. The number of carbonyl (C=O) groups is 1. The average molecular weight is 274 g/mol. The first-order valence-corrected chi connectivity index (χ1v) is 6.40. The van der Waals surface area contributed by atoms with E-state index >= 15 is 0 Å². The van der Waals surface area contributed by atoms with Crippen molar-refractivity contribution in [1.29, 1.82) is 5.26 Å². The van der Waals surface area contributed by atoms with Crippen LogP contribution in [0.3, 0.4) is 0 Å². The van der Waals surface area contributed by atoms with E-state index in [0.717, 1.165) is 0 Å². The van der Waals surface area contributed by atoms with E-state index in [9.17, 15) is 4.79 Å². The molecule has 0 saturated heterocycles. The SMILES string of the molecule is N#Cc1ccc(C(=O)NCCSc2ncn[nH]2)cn1. The third kappa shape index (κ3) is 3.79. The van der Waals surface area contributed by atoms with Crippen molar-refractivity contribution in [3.05, 3.63) is 35.9 Å². The van der Waals surface area contributed by atoms with Crippen LogP contribution >= 0.6 is 11.8 Å². The number of hydrogen-bond donors (Lipinski definition) is 2. The van der Waals surface area contributed by atoms with Crippen LogP contribution in [0.4, 0.5) is 0 Å². The molecule has 2 N–H and O–H groups in total. The molecule has 0 aliphatic rings. The number of H-pyrrole nitrogens is 1. The highest BCUT2D eigenvalue weighted by Crippen LogP contribution is 2.08. The molecule has 2 heterocycles. The number of rotatable bonds is 5. The molecule has 0 aliphatic carbocycles. The lowest BCUT2D eigenvalue weighted by Crippen LogP contribution is -2.25. The Labute approximate surface area is 113 Å². The van der Waals surface area contributed by atoms with Crippen LogP contribution in [0.1, 0.15) is 16.1 Å². The monoisotopic (exact) mass is 274 g/mol. The van der Waals surface area contributed by atoms with Gasteiger partial charge in [0.25, 0.3) is 5.91 Å². The third-order valence-electron chi connectivity index (χ3n) is 2.16. The van der Waals surface area contributed by atoms with E-state index in [0.29, 0.717) is 23.0 Å². The molecule has 0 bridgehead atoms. The van der Waals surface area contributed by atoms with E-state index in [1.54, 1.807) is 6.07 Å². The summed E-state index contributed by atoms with van der Waals surface area (Å²) in [7, 11) is 0. The summed E-state index contributed by atoms with van der Waals surface area (Å²) in [6.07, 6.45) is 2.82. The lowest BCUT2D eigenvalue weighted by molar-refractivity contribution is 0.0956. The van der Waals surface area contributed by atoms with Gasteiger partial charge in [-0.3, -0.25) is 9.89 Å². The number of pyridine rings is 1. The number of nitrogens with one attached hydrogen (secondary N) is 2. The van der Waals surface area contributed by atoms with Gasteiger partial charge in [-0.2, -0.15) is 10.4 Å². The molecule has 1 amide bonds. The summed E-state index contributed by atoms with van der Waals surface area (Å²) in [4.78, 5) is 19.5. The van der Waals surface area contributed by atoms with Gasteiger partial charge in [-0.15, -0.1) is 0 Å². The lowest BCUT2D eigenvalue weighted by atomic mass is 10.2. The van der Waals surface area contributed by atoms with E-state index in [-0.39, 0.29) is 11.6 Å². The fourth-order valence-electron chi connectivity index (χ4n) is 1.27. The second kappa shape index (κ2) is 6.51. The first-order valence-electron chi connectivity index (χ1n) is 5.42. The fraction of sp³-hybridized carbons (Fsp3) is 0.182. The maximum Gasteiger partial charge on any atom is 0.252 e. The van der Waals surface area contributed by atoms with Gasteiger partial charge in [0, 0.05) is 18.5 Å². The van der Waals surface area contributed by atoms with Gasteiger partial charge in [0.05, 0.1) is 5.56 Å². The number of hydrogen-bond acceptors (Lipinski definition) is 6. The van der Waals surface area contributed by atoms with Crippen LogP contribution in [-0.2, 0) is 0 Å². The summed E-state index contributed by atoms with van der Waals surface area (Å²) in [5, 5.41) is 18.5. The maximum atomic E-state index is 11.7. The molecule has 8 heteroatoms. The molecule has 96 valence electrons. The third-order valence-corrected chi connectivity index (χ3v) is 3.04. The quantitative estimate of drug-likeness (QED) is 0.610. The van der Waals surface area contributed by atoms with Crippen LogP contribution in [0.15, 0.2) is 29.8 Å². The minimum atomic E-state index is -0.213. The summed E-state index contributed by atoms with van der Waals surface area (Å²) in [6.45, 7) is 0.504. The van der Waals surface area contributed by atoms with Crippen LogP contribution in [0, 0.1) is 11.3 Å². The molecule has 0 fully saturated rings. The zero-order valence-corrected chi connectivity index (χ0v) is 10.6. The molecule has 0 saturated carbocycles. The predicted molar refractivity (Wildman–Crippen MR) is 68.4 cm³/mol. The van der Waals surface area contributed by atoms with Gasteiger partial charge in [-0.25, -0.2) is 9.97 Å². The van der Waals surface area contributed by atoms with Crippen LogP contribution in [0.25, 0.3) is 0 Å². The van der Waals surface area contributed by atoms with Crippen molar-refractivity contribution in [2.24, 2.45) is 0 Å². The molecule has 2 rings (SSSR count). The van der Waals surface area contributed by atoms with Crippen molar-refractivity contribution in [3.8, 4) is 6.07 Å². The van der Waals surface area contributed by atoms with Crippen LogP contribution in [-0.4, -0.2) is 38.4 Å². The number of aromatic nitrogens is 4. The normalized spacial score (nSPS) is 9.84. The minimum absolute atomic E-state index is 0.213. The Morgan fingerprint density at radius 3 is 3.00 bits per heavy atom. The molecule has 0 atom stereocenters. The summed E-state index contributed by atoms with van der Waals surface area (Å²) in [6, 6.07) is 4.98. The first kappa shape index (κ1) is 13.0. The number of nitriles is 1. The van der Waals surface area contributed by atoms with Gasteiger partial charge in [0.15, 0.2) is 5.16 Å². The molecule has 0 aromatic carbocycles. The molecule has 2 aromatic rings. The largest absolute Gasteiger partial charge is 0.351 e. The van der Waals surface area contributed by atoms with Gasteiger partial charge in [0.2, 0.25) is 0 Å². The van der Waals surface area contributed by atoms with Crippen molar-refractivity contribution in [2.75, 3.05) is 12.3 Å². The molecule has 0 aliphatic heterocycles. The number of carbonyl (C=O) groups excluding carboxylic acids is 1. The molecule has 7 nitrogen and oxygen atoms in total. The second-order valence-corrected chi connectivity index (χ2v) is 4.52. The number of nitrogens with zero attached hydrogens (tertiary/aromatic N) is 4. The van der Waals surface area contributed by atoms with E-state index in [4.69, 9.17) is 5.26 Å². The molecule has 2 aromatic heterocycles. The minimum Gasteiger partial charge on any atom is -0.351 e. The lowest BCUT2D eigenvalue weighted by Gasteiger charge is -2.03. The van der Waals surface area contributed by atoms with Gasteiger partial charge < -0.3 is 5.32 Å². The Morgan fingerprint density at radius 2 is 2.37 bits per heavy atom. The van der Waals surface area contributed by atoms with Crippen LogP contribution < -0.4 is 5.32 Å². The zero-order valence-electron chi connectivity index (χ0n) is 9.83. The highest BCUT2D eigenvalue weighted by Gasteiger charge is 2.05. The van der Waals surface area contributed by atoms with E-state index in [1.165, 1.54) is 30.4 Å². The highest BCUT2D eigenvalue weighted by atomic mass is 32.2. The van der Waals surface area contributed by atoms with Crippen molar-refractivity contribution in [2.45, 2.75) is 5.16 Å². The zero-order chi connectivity index (χ0) is 13.5. The summed E-state index contributed by atoms with van der Waals surface area (Å²) in [5.41, 5.74) is 0.723. The average Bonchev–Trinajstić information content (AvgIpc) is 2.96. The Hall–Kier alpha value is -2.40. The Morgan fingerprint density at radius 1 is 1.47 bits per heavy atom. The van der Waals surface area contributed by atoms with E-state index in [1.807, 2.05) is 6.07 Å². The predicted octanol–water partition coefficient (Wildman–Crippen LogP) is 0.593. The van der Waals surface area contributed by atoms with Gasteiger partial charge in [-0.1, -0.05) is 11.8 Å². The van der Waals surface area contributed by atoms with Gasteiger partial charge in [-0.05, 0) is 12.1 Å². The van der Waals surface area contributed by atoms with Crippen molar-refractivity contribution < 1.29 is 4.79 Å². The number of amides is 1. The van der Waals surface area contributed by atoms with Crippen LogP contribution in [0.2, 0.25) is 0 Å². The molecule has 0 spiro atoms. The Bertz CT molecular complexity index is 574. The number of thioether (sulfide) groups is 1. The van der Waals surface area contributed by atoms with E-state index in [2.05, 4.69) is 25.5 Å². The van der Waals surface area contributed by atoms with Crippen LogP contribution in [0.5, 0.6) is 0 Å². The topological polar surface area (TPSA) is 107 Å². The number of aromatic amines is 1. The smallest absolute Gasteiger partial charge is 0.252 e. The fourth-order valence-corrected chi connectivity index (χ4v) is 1.91. The van der Waals surface area contributed by atoms with E-state index < -0.39 is 0 Å². The van der Waals surface area contributed by atoms with Crippen molar-refractivity contribution in [1.82, 2.24) is 25.5 Å². The summed E-state index contributed by atoms with van der Waals surface area (Å²) < 4.78 is 0. The standard InChI is InChI=1S/C11H10N6OS/c12-5-9-2-1-8(6-14-9)10(18)13-3-4-19-11-15-7-16-17-11/h1-2,6-7H,3-4H2,(H,13,18)(H,15,16,17). The first-order chi connectivity index (χ1) is 9.29. The van der Waals surface area contributed by atoms with Crippen molar-refractivity contribution >= 4 is 17.7 Å². The second-order valence-electron chi connectivity index (χ2n) is 3.44. The Balaban J connectivity index is 1.76. The van der Waals surface area contributed by atoms with Gasteiger partial charge in [0.1, 0.15) is 18.1 Å². The maximum absolute atomic E-state index is 11.7. The molecule has 0 unspecified atom stereocenters. The van der Waals surface area contributed by atoms with Crippen molar-refractivity contribution in [3.63, 3.8) is 0 Å². The summed E-state index contributed by atoms with van der Waals surface area (Å²) in [5.74, 6) is 0.472.